The fourth-order valence-electron chi connectivity index (χ4n) is 21.4. The van der Waals surface area contributed by atoms with Crippen molar-refractivity contribution < 1.29 is 26.3 Å². The topological polar surface area (TPSA) is 412 Å². The molecule has 4 saturated heterocycles. The number of thiophene rings is 3. The number of aromatic nitrogens is 20. The highest BCUT2D eigenvalue weighted by atomic mass is 35.5. The van der Waals surface area contributed by atoms with Crippen molar-refractivity contribution in [1.82, 2.24) is 101 Å². The standard InChI is InChI=1S/C22H20Cl2N6S.2C22H20F3N7S.C21H22ClN9S2/c23-16-3-1-2-13(18(16)24)19-20-21(29-28-19)27-17(8-26-20)30-6-4-14-15(9-30)22(14,11-25)12-5-7-31-10-12;23-22(24,25)16-7-12(1-4-27-16)18-19-20(31-30-18)29-17(8-28-19)32-5-2-14-15(9-32)21(14,11-26)13-3-6-33-10-13;23-22(24,25)19-13(2-1-5-27-19)17-18-20(31-30-17)29-16(8-28-18)32-6-3-14-15(9-32)21(14,11-26)12-4-7-33-10-12;1-10-8-32-20(27-10)21(9-23)11-3-5-31(7-12(11)21)14-6-26-16-18(28-14)29-30-19(16)33-13-2-4-25-17(24)15(13)22/h1-3,5,7-8,10,14-15H,4,6,9,11,25H2,(H,27,28,29);1,3-4,6-8,10,14-15H,2,5,9,11,26H2,(H,29,30,31);1-2,4-5,7-8,10,14-15H,3,6,9,11,26H2,(H,29,30,31);2,4,6,8,11-12H,3,5,7,9,23H2,1H3,(H2,24,25)(H,28,29,30). The lowest BCUT2D eigenvalue weighted by Gasteiger charge is -2.26. The van der Waals surface area contributed by atoms with Gasteiger partial charge in [-0.3, -0.25) is 30.4 Å². The van der Waals surface area contributed by atoms with Crippen LogP contribution in [0.2, 0.25) is 15.1 Å². The average Bonchev–Trinajstić information content (AvgIpc) is 1.54. The number of nitrogen functional groups attached to an aromatic ring is 1. The SMILES string of the molecule is Cc1csc(C2(CN)C3CCN(c4cnc5c(Sc6ccnc(N)c6Cl)n[nH]c5n4)CC32)n1.NCC1(c2ccsc2)C2CCN(c3cnc4c(-c5cccc(Cl)c5Cl)[nH]nc4n3)CC21.NCC1(c2ccsc2)C2CCN(c3cnc4c(-c5cccnc5C(F)(F)F)[nH]nc4n3)CC21.NCC1(c2ccsc2)C2CCN(c3cnc4c(-c5ccnc(C(F)(F)F)c5)[nH]nc4n3)CC21. The zero-order valence-electron chi connectivity index (χ0n) is 69.1. The number of halogens is 9. The van der Waals surface area contributed by atoms with E-state index in [0.29, 0.717) is 156 Å². The molecule has 0 spiro atoms. The molecule has 16 aromatic rings. The van der Waals surface area contributed by atoms with Crippen LogP contribution < -0.4 is 48.3 Å². The van der Waals surface area contributed by atoms with Gasteiger partial charge in [-0.2, -0.15) is 80.7 Å². The number of piperidine rings is 4. The smallest absolute Gasteiger partial charge is 0.382 e. The first-order valence-corrected chi connectivity index (χ1v) is 47.9. The predicted octanol–water partition coefficient (Wildman–Crippen LogP) is 15.7. The molecule has 0 bridgehead atoms. The molecule has 19 heterocycles. The summed E-state index contributed by atoms with van der Waals surface area (Å²) in [6, 6.07) is 19.2. The first-order chi connectivity index (χ1) is 63.0. The highest BCUT2D eigenvalue weighted by Gasteiger charge is 2.70. The number of fused-ring (bicyclic) bond motifs is 8. The van der Waals surface area contributed by atoms with Crippen LogP contribution in [0.1, 0.15) is 64.5 Å². The maximum atomic E-state index is 13.4. The molecule has 668 valence electrons. The fourth-order valence-corrected chi connectivity index (χ4v) is 26.3. The molecule has 24 rings (SSSR count). The second-order valence-electron chi connectivity index (χ2n) is 34.1. The molecule has 0 amide bonds. The van der Waals surface area contributed by atoms with Crippen LogP contribution in [0.15, 0.2) is 158 Å². The van der Waals surface area contributed by atoms with Gasteiger partial charge in [0.1, 0.15) is 61.9 Å². The van der Waals surface area contributed by atoms with E-state index in [1.807, 2.05) is 31.5 Å². The number of aryl methyl sites for hydroxylation is 1. The van der Waals surface area contributed by atoms with E-state index in [0.717, 1.165) is 130 Å². The van der Waals surface area contributed by atoms with Crippen molar-refractivity contribution >= 4 is 166 Å². The summed E-state index contributed by atoms with van der Waals surface area (Å²) in [6.07, 6.45) is 5.92. The van der Waals surface area contributed by atoms with Gasteiger partial charge < -0.3 is 48.3 Å². The van der Waals surface area contributed by atoms with Crippen molar-refractivity contribution in [3.63, 3.8) is 0 Å². The highest BCUT2D eigenvalue weighted by Crippen LogP contribution is 2.67. The van der Waals surface area contributed by atoms with Crippen molar-refractivity contribution in [3.05, 3.63) is 202 Å². The predicted molar refractivity (Wildman–Crippen MR) is 494 cm³/mol. The van der Waals surface area contributed by atoms with Crippen molar-refractivity contribution in [2.75, 3.05) is 104 Å². The van der Waals surface area contributed by atoms with Crippen LogP contribution in [0.25, 0.3) is 78.4 Å². The van der Waals surface area contributed by atoms with Crippen molar-refractivity contribution in [3.8, 4) is 33.8 Å². The average molecular weight is 1910 g/mol. The molecule has 12 atom stereocenters. The lowest BCUT2D eigenvalue weighted by molar-refractivity contribution is -0.141. The maximum absolute atomic E-state index is 13.4. The third-order valence-electron chi connectivity index (χ3n) is 28.1. The third kappa shape index (κ3) is 14.7. The van der Waals surface area contributed by atoms with Gasteiger partial charge in [-0.25, -0.2) is 49.8 Å². The van der Waals surface area contributed by atoms with Gasteiger partial charge in [-0.05, 0) is 184 Å². The normalized spacial score (nSPS) is 24.7. The van der Waals surface area contributed by atoms with Gasteiger partial charge in [0.05, 0.1) is 56.9 Å². The number of anilines is 5. The largest absolute Gasteiger partial charge is 0.434 e. The molecule has 29 nitrogen and oxygen atoms in total. The van der Waals surface area contributed by atoms with E-state index >= 15 is 0 Å². The van der Waals surface area contributed by atoms with Gasteiger partial charge in [-0.1, -0.05) is 58.7 Å². The minimum atomic E-state index is -4.59. The number of nitrogens with one attached hydrogen (secondary N) is 4. The van der Waals surface area contributed by atoms with E-state index in [4.69, 9.17) is 78.4 Å². The number of nitrogens with zero attached hydrogens (tertiary/aromatic N) is 20. The summed E-state index contributed by atoms with van der Waals surface area (Å²) >= 11 is 27.1. The van der Waals surface area contributed by atoms with Gasteiger partial charge in [-0.15, -0.1) is 11.3 Å². The summed E-state index contributed by atoms with van der Waals surface area (Å²) in [7, 11) is 0. The Morgan fingerprint density at radius 3 is 1.40 bits per heavy atom. The molecule has 8 aliphatic rings. The van der Waals surface area contributed by atoms with Crippen LogP contribution in [0, 0.1) is 54.3 Å². The maximum Gasteiger partial charge on any atom is 0.434 e. The molecular formula is C87H82Cl3F6N29S5. The molecule has 14 N–H and O–H groups in total. The molecule has 43 heteroatoms. The molecule has 4 saturated carbocycles. The third-order valence-corrected chi connectivity index (χ3v) is 33.7. The Balaban J connectivity index is 0.000000105. The summed E-state index contributed by atoms with van der Waals surface area (Å²) in [5.74, 6) is 7.73. The quantitative estimate of drug-likeness (QED) is 0.0382. The number of hydrogen-bond donors (Lipinski definition) is 9. The first-order valence-electron chi connectivity index (χ1n) is 42.2. The molecular weight excluding hydrogens is 1830 g/mol. The van der Waals surface area contributed by atoms with Gasteiger partial charge in [0, 0.05) is 151 Å². The van der Waals surface area contributed by atoms with Crippen LogP contribution in [0.3, 0.4) is 0 Å². The number of benzene rings is 1. The van der Waals surface area contributed by atoms with Crippen LogP contribution >= 0.6 is 91.9 Å². The zero-order valence-corrected chi connectivity index (χ0v) is 75.5. The van der Waals surface area contributed by atoms with Crippen molar-refractivity contribution in [2.45, 2.75) is 76.5 Å². The summed E-state index contributed by atoms with van der Waals surface area (Å²) in [4.78, 5) is 62.7. The van der Waals surface area contributed by atoms with E-state index in [9.17, 15) is 26.3 Å². The number of thiazole rings is 1. The van der Waals surface area contributed by atoms with Crippen LogP contribution in [0.5, 0.6) is 0 Å². The van der Waals surface area contributed by atoms with Crippen molar-refractivity contribution in [1.29, 1.82) is 0 Å². The van der Waals surface area contributed by atoms with Gasteiger partial charge in [0.25, 0.3) is 0 Å². The number of alkyl halides is 6. The Morgan fingerprint density at radius 2 is 0.923 bits per heavy atom. The number of nitrogens with two attached hydrogens (primary N) is 5. The Morgan fingerprint density at radius 1 is 0.462 bits per heavy atom. The zero-order chi connectivity index (χ0) is 89.5. The molecule has 8 fully saturated rings. The van der Waals surface area contributed by atoms with E-state index < -0.39 is 23.7 Å². The second kappa shape index (κ2) is 33.5. The lowest BCUT2D eigenvalue weighted by Crippen LogP contribution is -2.32. The number of pyridine rings is 3. The number of aromatic amines is 4. The summed E-state index contributed by atoms with van der Waals surface area (Å²) in [6.45, 7) is 11.7. The van der Waals surface area contributed by atoms with Gasteiger partial charge in [0.15, 0.2) is 16.4 Å². The van der Waals surface area contributed by atoms with E-state index in [1.54, 1.807) is 76.1 Å². The summed E-state index contributed by atoms with van der Waals surface area (Å²) < 4.78 is 79.5. The molecule has 0 radical (unpaired) electrons. The molecule has 130 heavy (non-hydrogen) atoms. The molecule has 12 unspecified atom stereocenters. The number of H-pyrrole nitrogens is 4. The van der Waals surface area contributed by atoms with E-state index in [1.165, 1.54) is 51.7 Å². The Kier molecular flexibility index (Phi) is 22.2. The molecule has 1 aromatic carbocycles. The minimum absolute atomic E-state index is 0.00859. The van der Waals surface area contributed by atoms with E-state index in [2.05, 4.69) is 161 Å². The number of rotatable bonds is 17. The van der Waals surface area contributed by atoms with Gasteiger partial charge >= 0.3 is 12.4 Å². The molecule has 4 aliphatic heterocycles. The summed E-state index contributed by atoms with van der Waals surface area (Å²) in [5.41, 5.74) is 40.5. The van der Waals surface area contributed by atoms with Crippen LogP contribution in [0.4, 0.5) is 55.4 Å². The van der Waals surface area contributed by atoms with Crippen LogP contribution in [-0.2, 0) is 34.0 Å². The minimum Gasteiger partial charge on any atom is -0.382 e. The number of hydrogen-bond acceptors (Lipinski definition) is 30. The molecule has 15 aromatic heterocycles. The fraction of sp³-hybridized carbons (Fsp3) is 0.356. The van der Waals surface area contributed by atoms with Crippen molar-refractivity contribution in [2.24, 2.45) is 70.3 Å². The second-order valence-corrected chi connectivity index (χ2v) is 39.5. The van der Waals surface area contributed by atoms with Gasteiger partial charge in [0.2, 0.25) is 16.9 Å². The van der Waals surface area contributed by atoms with E-state index in [-0.39, 0.29) is 44.1 Å². The highest BCUT2D eigenvalue weighted by molar-refractivity contribution is 7.99. The summed E-state index contributed by atoms with van der Waals surface area (Å²) in [5, 5.41) is 47.0. The first kappa shape index (κ1) is 86.0. The Labute approximate surface area is 773 Å². The van der Waals surface area contributed by atoms with Crippen LogP contribution in [-0.4, -0.2) is 179 Å². The Hall–Kier alpha value is -10.8. The molecule has 4 aliphatic carbocycles. The lowest BCUT2D eigenvalue weighted by atomic mass is 9.94. The monoisotopic (exact) mass is 1910 g/mol. The Bertz CT molecular complexity index is 6900.